The average Bonchev–Trinajstić information content (AvgIpc) is 2.36. The Labute approximate surface area is 115 Å². The molecule has 0 heterocycles. The minimum atomic E-state index is -0.248. The van der Waals surface area contributed by atoms with Gasteiger partial charge >= 0.3 is 0 Å². The van der Waals surface area contributed by atoms with Gasteiger partial charge in [-0.1, -0.05) is 18.2 Å². The van der Waals surface area contributed by atoms with Crippen molar-refractivity contribution in [2.45, 2.75) is 17.4 Å². The highest BCUT2D eigenvalue weighted by molar-refractivity contribution is 7.99. The molecule has 2 rings (SSSR count). The molecule has 1 unspecified atom stereocenters. The van der Waals surface area contributed by atoms with Gasteiger partial charge in [0.1, 0.15) is 11.6 Å². The van der Waals surface area contributed by atoms with Crippen LogP contribution in [0.2, 0.25) is 0 Å². The maximum absolute atomic E-state index is 13.0. The molecule has 0 radical (unpaired) electrons. The number of halogens is 2. The summed E-state index contributed by atoms with van der Waals surface area (Å²) in [5.41, 5.74) is 6.89. The van der Waals surface area contributed by atoms with Gasteiger partial charge in [-0.3, -0.25) is 0 Å². The molecule has 0 saturated heterocycles. The van der Waals surface area contributed by atoms with E-state index in [9.17, 15) is 8.78 Å². The molecule has 19 heavy (non-hydrogen) atoms. The van der Waals surface area contributed by atoms with Gasteiger partial charge in [-0.25, -0.2) is 8.78 Å². The van der Waals surface area contributed by atoms with Crippen LogP contribution in [0.25, 0.3) is 0 Å². The summed E-state index contributed by atoms with van der Waals surface area (Å²) in [4.78, 5) is 0.856. The van der Waals surface area contributed by atoms with Gasteiger partial charge in [-0.15, -0.1) is 11.8 Å². The van der Waals surface area contributed by atoms with Crippen LogP contribution in [0.15, 0.2) is 53.4 Å². The number of thioether (sulfide) groups is 1. The van der Waals surface area contributed by atoms with Gasteiger partial charge in [0.2, 0.25) is 0 Å². The quantitative estimate of drug-likeness (QED) is 0.846. The zero-order valence-electron chi connectivity index (χ0n) is 10.4. The van der Waals surface area contributed by atoms with E-state index >= 15 is 0 Å². The van der Waals surface area contributed by atoms with E-state index in [1.165, 1.54) is 36.0 Å². The molecule has 0 aliphatic carbocycles. The van der Waals surface area contributed by atoms with Crippen molar-refractivity contribution in [2.75, 3.05) is 5.75 Å². The molecule has 2 aromatic carbocycles. The summed E-state index contributed by atoms with van der Waals surface area (Å²) >= 11 is 1.51. The lowest BCUT2D eigenvalue weighted by molar-refractivity contribution is 0.622. The topological polar surface area (TPSA) is 26.0 Å². The summed E-state index contributed by atoms with van der Waals surface area (Å²) in [5.74, 6) is 0.172. The van der Waals surface area contributed by atoms with Crippen LogP contribution in [0.1, 0.15) is 5.56 Å². The van der Waals surface area contributed by atoms with E-state index in [0.717, 1.165) is 10.5 Å². The highest BCUT2D eigenvalue weighted by Crippen LogP contribution is 2.20. The standard InChI is InChI=1S/C15H15F2NS/c16-12-4-1-3-11(7-12)8-14(18)10-19-15-6-2-5-13(17)9-15/h1-7,9,14H,8,10,18H2. The van der Waals surface area contributed by atoms with Crippen LogP contribution in [0, 0.1) is 11.6 Å². The molecule has 1 atom stereocenters. The van der Waals surface area contributed by atoms with Gasteiger partial charge in [0.15, 0.2) is 0 Å². The van der Waals surface area contributed by atoms with E-state index in [-0.39, 0.29) is 17.7 Å². The second-order valence-electron chi connectivity index (χ2n) is 4.36. The highest BCUT2D eigenvalue weighted by Gasteiger charge is 2.06. The average molecular weight is 279 g/mol. The van der Waals surface area contributed by atoms with Gasteiger partial charge in [0.05, 0.1) is 0 Å². The summed E-state index contributed by atoms with van der Waals surface area (Å²) in [6.07, 6.45) is 0.611. The fourth-order valence-electron chi connectivity index (χ4n) is 1.79. The molecule has 1 nitrogen and oxygen atoms in total. The van der Waals surface area contributed by atoms with E-state index in [4.69, 9.17) is 5.73 Å². The summed E-state index contributed by atoms with van der Waals surface area (Å²) in [5, 5.41) is 0. The van der Waals surface area contributed by atoms with Crippen molar-refractivity contribution < 1.29 is 8.78 Å². The first-order valence-corrected chi connectivity index (χ1v) is 7.00. The summed E-state index contributed by atoms with van der Waals surface area (Å²) in [6.45, 7) is 0. The molecule has 0 saturated carbocycles. The lowest BCUT2D eigenvalue weighted by Crippen LogP contribution is -2.25. The second-order valence-corrected chi connectivity index (χ2v) is 5.46. The second kappa shape index (κ2) is 6.68. The van der Waals surface area contributed by atoms with Crippen molar-refractivity contribution in [2.24, 2.45) is 5.73 Å². The first-order valence-electron chi connectivity index (χ1n) is 6.02. The number of rotatable bonds is 5. The third-order valence-electron chi connectivity index (χ3n) is 2.65. The zero-order chi connectivity index (χ0) is 13.7. The first kappa shape index (κ1) is 14.0. The normalized spacial score (nSPS) is 12.4. The van der Waals surface area contributed by atoms with Crippen LogP contribution >= 0.6 is 11.8 Å². The Balaban J connectivity index is 1.86. The van der Waals surface area contributed by atoms with Crippen LogP contribution < -0.4 is 5.73 Å². The lowest BCUT2D eigenvalue weighted by atomic mass is 10.1. The molecule has 4 heteroatoms. The maximum Gasteiger partial charge on any atom is 0.124 e. The largest absolute Gasteiger partial charge is 0.327 e. The molecular weight excluding hydrogens is 264 g/mol. The van der Waals surface area contributed by atoms with E-state index < -0.39 is 0 Å². The third-order valence-corrected chi connectivity index (χ3v) is 3.83. The molecule has 2 N–H and O–H groups in total. The van der Waals surface area contributed by atoms with Crippen LogP contribution in [-0.2, 0) is 6.42 Å². The number of hydrogen-bond acceptors (Lipinski definition) is 2. The van der Waals surface area contributed by atoms with Crippen LogP contribution in [0.5, 0.6) is 0 Å². The minimum Gasteiger partial charge on any atom is -0.327 e. The van der Waals surface area contributed by atoms with Crippen molar-refractivity contribution in [3.05, 3.63) is 65.7 Å². The van der Waals surface area contributed by atoms with E-state index in [2.05, 4.69) is 0 Å². The van der Waals surface area contributed by atoms with E-state index in [1.807, 2.05) is 12.1 Å². The zero-order valence-corrected chi connectivity index (χ0v) is 11.2. The Morgan fingerprint density at radius 2 is 1.68 bits per heavy atom. The Bertz CT molecular complexity index is 545. The van der Waals surface area contributed by atoms with Crippen molar-refractivity contribution in [3.8, 4) is 0 Å². The van der Waals surface area contributed by atoms with Gasteiger partial charge < -0.3 is 5.73 Å². The Morgan fingerprint density at radius 1 is 1.00 bits per heavy atom. The molecule has 2 aromatic rings. The number of hydrogen-bond donors (Lipinski definition) is 1. The summed E-state index contributed by atoms with van der Waals surface area (Å²) in [6, 6.07) is 12.8. The van der Waals surface area contributed by atoms with Crippen molar-refractivity contribution in [3.63, 3.8) is 0 Å². The molecule has 0 amide bonds. The highest BCUT2D eigenvalue weighted by atomic mass is 32.2. The lowest BCUT2D eigenvalue weighted by Gasteiger charge is -2.11. The minimum absolute atomic E-state index is 0.0879. The van der Waals surface area contributed by atoms with Crippen LogP contribution in [-0.4, -0.2) is 11.8 Å². The van der Waals surface area contributed by atoms with Crippen molar-refractivity contribution >= 4 is 11.8 Å². The molecule has 0 aliphatic rings. The maximum atomic E-state index is 13.0. The summed E-state index contributed by atoms with van der Waals surface area (Å²) < 4.78 is 26.0. The van der Waals surface area contributed by atoms with Crippen molar-refractivity contribution in [1.82, 2.24) is 0 Å². The molecule has 0 fully saturated rings. The monoisotopic (exact) mass is 279 g/mol. The third kappa shape index (κ3) is 4.65. The fourth-order valence-corrected chi connectivity index (χ4v) is 2.68. The van der Waals surface area contributed by atoms with Gasteiger partial charge in [0.25, 0.3) is 0 Å². The van der Waals surface area contributed by atoms with Gasteiger partial charge in [-0.2, -0.15) is 0 Å². The van der Waals surface area contributed by atoms with E-state index in [0.29, 0.717) is 12.2 Å². The Morgan fingerprint density at radius 3 is 2.37 bits per heavy atom. The van der Waals surface area contributed by atoms with E-state index in [1.54, 1.807) is 12.1 Å². The number of nitrogens with two attached hydrogens (primary N) is 1. The predicted molar refractivity (Wildman–Crippen MR) is 75.2 cm³/mol. The van der Waals surface area contributed by atoms with Gasteiger partial charge in [0, 0.05) is 16.7 Å². The number of benzene rings is 2. The molecule has 0 aromatic heterocycles. The van der Waals surface area contributed by atoms with Crippen molar-refractivity contribution in [1.29, 1.82) is 0 Å². The SMILES string of the molecule is NC(CSc1cccc(F)c1)Cc1cccc(F)c1. The molecule has 0 spiro atoms. The molecule has 0 bridgehead atoms. The Kier molecular flexibility index (Phi) is 4.93. The molecular formula is C15H15F2NS. The van der Waals surface area contributed by atoms with Crippen LogP contribution in [0.3, 0.4) is 0 Å². The molecule has 0 aliphatic heterocycles. The predicted octanol–water partition coefficient (Wildman–Crippen LogP) is 3.63. The smallest absolute Gasteiger partial charge is 0.124 e. The summed E-state index contributed by atoms with van der Waals surface area (Å²) in [7, 11) is 0. The van der Waals surface area contributed by atoms with Crippen LogP contribution in [0.4, 0.5) is 8.78 Å². The Hall–Kier alpha value is -1.39. The van der Waals surface area contributed by atoms with Gasteiger partial charge in [-0.05, 0) is 42.3 Å². The first-order chi connectivity index (χ1) is 9.13. The molecule has 100 valence electrons. The fraction of sp³-hybridized carbons (Fsp3) is 0.200.